The van der Waals surface area contributed by atoms with Gasteiger partial charge >= 0.3 is 0 Å². The van der Waals surface area contributed by atoms with E-state index < -0.39 is 0 Å². The van der Waals surface area contributed by atoms with Crippen LogP contribution in [0.1, 0.15) is 37.2 Å². The Morgan fingerprint density at radius 1 is 1.20 bits per heavy atom. The van der Waals surface area contributed by atoms with Gasteiger partial charge in [0.2, 0.25) is 11.8 Å². The van der Waals surface area contributed by atoms with Gasteiger partial charge in [0, 0.05) is 57.3 Å². The number of carbonyl (C=O) groups is 2. The number of nitrogens with one attached hydrogen (secondary N) is 2. The number of aryl methyl sites for hydroxylation is 1. The van der Waals surface area contributed by atoms with Gasteiger partial charge in [0.25, 0.3) is 5.56 Å². The summed E-state index contributed by atoms with van der Waals surface area (Å²) in [6.45, 7) is 6.34. The van der Waals surface area contributed by atoms with Crippen molar-refractivity contribution in [2.75, 3.05) is 32.7 Å². The molecule has 25 heavy (non-hydrogen) atoms. The van der Waals surface area contributed by atoms with Crippen molar-refractivity contribution < 1.29 is 9.59 Å². The van der Waals surface area contributed by atoms with E-state index in [1.165, 1.54) is 13.0 Å². The average molecular weight is 347 g/mol. The van der Waals surface area contributed by atoms with Gasteiger partial charge in [-0.1, -0.05) is 0 Å². The molecule has 8 heteroatoms. The summed E-state index contributed by atoms with van der Waals surface area (Å²) < 4.78 is 0. The smallest absolute Gasteiger partial charge is 0.251 e. The number of piperidine rings is 1. The Kier molecular flexibility index (Phi) is 5.17. The largest absolute Gasteiger partial charge is 0.341 e. The second-order valence-corrected chi connectivity index (χ2v) is 6.84. The summed E-state index contributed by atoms with van der Waals surface area (Å²) in [6.07, 6.45) is 1.56. The maximum absolute atomic E-state index is 12.7. The van der Waals surface area contributed by atoms with E-state index in [4.69, 9.17) is 0 Å². The Morgan fingerprint density at radius 3 is 2.56 bits per heavy atom. The van der Waals surface area contributed by atoms with Crippen molar-refractivity contribution in [2.45, 2.75) is 38.6 Å². The molecule has 2 saturated heterocycles. The second kappa shape index (κ2) is 7.35. The molecule has 0 aliphatic carbocycles. The first kappa shape index (κ1) is 17.6. The molecule has 1 aromatic heterocycles. The second-order valence-electron chi connectivity index (χ2n) is 6.84. The molecule has 3 heterocycles. The van der Waals surface area contributed by atoms with Crippen LogP contribution in [0.5, 0.6) is 0 Å². The van der Waals surface area contributed by atoms with Crippen LogP contribution < -0.4 is 10.9 Å². The van der Waals surface area contributed by atoms with Gasteiger partial charge in [-0.3, -0.25) is 14.4 Å². The van der Waals surface area contributed by atoms with Gasteiger partial charge in [-0.15, -0.1) is 0 Å². The van der Waals surface area contributed by atoms with Crippen LogP contribution >= 0.6 is 0 Å². The minimum absolute atomic E-state index is 0.00693. The summed E-state index contributed by atoms with van der Waals surface area (Å²) in [5.41, 5.74) is 0.588. The van der Waals surface area contributed by atoms with Crippen LogP contribution in [0.4, 0.5) is 0 Å². The molecule has 1 aromatic rings. The van der Waals surface area contributed by atoms with Gasteiger partial charge in [0.15, 0.2) is 0 Å². The standard InChI is InChI=1S/C17H25N5O3/c1-11-9-15(24)20-16(19-11)13-3-6-21(7-4-13)17(25)14-10-22(12(2)23)8-5-18-14/h9,13-14,18H,3-8,10H2,1-2H3,(H,19,20,24). The monoisotopic (exact) mass is 347 g/mol. The lowest BCUT2D eigenvalue weighted by atomic mass is 9.95. The zero-order valence-corrected chi connectivity index (χ0v) is 14.7. The topological polar surface area (TPSA) is 98.4 Å². The SMILES string of the molecule is CC(=O)N1CCNC(C(=O)N2CCC(c3nc(C)cc(=O)[nH]3)CC2)C1. The lowest BCUT2D eigenvalue weighted by Gasteiger charge is -2.37. The number of aromatic amines is 1. The molecule has 2 N–H and O–H groups in total. The number of likely N-dealkylation sites (tertiary alicyclic amines) is 1. The third kappa shape index (κ3) is 4.07. The van der Waals surface area contributed by atoms with Gasteiger partial charge in [-0.05, 0) is 19.8 Å². The van der Waals surface area contributed by atoms with Crippen molar-refractivity contribution >= 4 is 11.8 Å². The van der Waals surface area contributed by atoms with Crippen molar-refractivity contribution in [1.82, 2.24) is 25.1 Å². The highest BCUT2D eigenvalue weighted by Crippen LogP contribution is 2.25. The predicted octanol–water partition coefficient (Wildman–Crippen LogP) is -0.395. The summed E-state index contributed by atoms with van der Waals surface area (Å²) in [6, 6.07) is 1.16. The minimum atomic E-state index is -0.328. The minimum Gasteiger partial charge on any atom is -0.341 e. The Morgan fingerprint density at radius 2 is 1.92 bits per heavy atom. The fourth-order valence-corrected chi connectivity index (χ4v) is 3.59. The number of hydrogen-bond acceptors (Lipinski definition) is 5. The molecule has 0 aromatic carbocycles. The Bertz CT molecular complexity index is 708. The van der Waals surface area contributed by atoms with Crippen LogP contribution in [0.3, 0.4) is 0 Å². The number of H-pyrrole nitrogens is 1. The maximum atomic E-state index is 12.7. The number of aromatic nitrogens is 2. The first-order chi connectivity index (χ1) is 11.9. The summed E-state index contributed by atoms with van der Waals surface area (Å²) in [4.78, 5) is 46.7. The molecule has 0 saturated carbocycles. The van der Waals surface area contributed by atoms with E-state index in [9.17, 15) is 14.4 Å². The van der Waals surface area contributed by atoms with Crippen LogP contribution in [0.2, 0.25) is 0 Å². The normalized spacial score (nSPS) is 22.1. The Labute approximate surface area is 146 Å². The molecule has 0 bridgehead atoms. The highest BCUT2D eigenvalue weighted by atomic mass is 16.2. The van der Waals surface area contributed by atoms with E-state index in [1.54, 1.807) is 4.90 Å². The van der Waals surface area contributed by atoms with Gasteiger partial charge in [-0.2, -0.15) is 0 Å². The van der Waals surface area contributed by atoms with Crippen molar-refractivity contribution in [3.63, 3.8) is 0 Å². The van der Waals surface area contributed by atoms with Crippen LogP contribution in [0, 0.1) is 6.92 Å². The zero-order valence-electron chi connectivity index (χ0n) is 14.7. The van der Waals surface area contributed by atoms with Gasteiger partial charge in [-0.25, -0.2) is 4.98 Å². The quantitative estimate of drug-likeness (QED) is 0.759. The molecular formula is C17H25N5O3. The lowest BCUT2D eigenvalue weighted by Crippen LogP contribution is -2.59. The van der Waals surface area contributed by atoms with Crippen LogP contribution in [0.25, 0.3) is 0 Å². The molecule has 8 nitrogen and oxygen atoms in total. The van der Waals surface area contributed by atoms with E-state index in [-0.39, 0.29) is 29.3 Å². The van der Waals surface area contributed by atoms with Crippen molar-refractivity contribution in [2.24, 2.45) is 0 Å². The molecule has 0 spiro atoms. The average Bonchev–Trinajstić information content (AvgIpc) is 2.60. The number of hydrogen-bond donors (Lipinski definition) is 2. The van der Waals surface area contributed by atoms with Crippen LogP contribution in [0.15, 0.2) is 10.9 Å². The summed E-state index contributed by atoms with van der Waals surface area (Å²) in [5.74, 6) is 0.947. The number of carbonyl (C=O) groups excluding carboxylic acids is 2. The first-order valence-corrected chi connectivity index (χ1v) is 8.79. The van der Waals surface area contributed by atoms with E-state index in [1.807, 2.05) is 11.8 Å². The highest BCUT2D eigenvalue weighted by molar-refractivity contribution is 5.83. The van der Waals surface area contributed by atoms with E-state index in [0.717, 1.165) is 18.7 Å². The predicted molar refractivity (Wildman–Crippen MR) is 92.2 cm³/mol. The fraction of sp³-hybridized carbons (Fsp3) is 0.647. The van der Waals surface area contributed by atoms with E-state index in [2.05, 4.69) is 15.3 Å². The lowest BCUT2D eigenvalue weighted by molar-refractivity contribution is -0.138. The van der Waals surface area contributed by atoms with E-state index >= 15 is 0 Å². The van der Waals surface area contributed by atoms with Gasteiger partial charge < -0.3 is 20.1 Å². The number of nitrogens with zero attached hydrogens (tertiary/aromatic N) is 3. The summed E-state index contributed by atoms with van der Waals surface area (Å²) >= 11 is 0. The molecule has 2 amide bonds. The molecular weight excluding hydrogens is 322 g/mol. The number of amides is 2. The molecule has 1 atom stereocenters. The molecule has 136 valence electrons. The molecule has 2 fully saturated rings. The fourth-order valence-electron chi connectivity index (χ4n) is 3.59. The molecule has 2 aliphatic rings. The first-order valence-electron chi connectivity index (χ1n) is 8.79. The number of rotatable bonds is 2. The zero-order chi connectivity index (χ0) is 18.0. The van der Waals surface area contributed by atoms with E-state index in [0.29, 0.717) is 38.4 Å². The Hall–Kier alpha value is -2.22. The third-order valence-corrected chi connectivity index (χ3v) is 5.00. The highest BCUT2D eigenvalue weighted by Gasteiger charge is 2.32. The van der Waals surface area contributed by atoms with Gasteiger partial charge in [0.1, 0.15) is 11.9 Å². The maximum Gasteiger partial charge on any atom is 0.251 e. The summed E-state index contributed by atoms with van der Waals surface area (Å²) in [5, 5.41) is 3.21. The Balaban J connectivity index is 1.59. The third-order valence-electron chi connectivity index (χ3n) is 5.00. The van der Waals surface area contributed by atoms with Crippen molar-refractivity contribution in [3.8, 4) is 0 Å². The van der Waals surface area contributed by atoms with Crippen molar-refractivity contribution in [3.05, 3.63) is 27.9 Å². The van der Waals surface area contributed by atoms with Crippen LogP contribution in [-0.2, 0) is 9.59 Å². The van der Waals surface area contributed by atoms with Crippen LogP contribution in [-0.4, -0.2) is 70.3 Å². The van der Waals surface area contributed by atoms with Gasteiger partial charge in [0.05, 0.1) is 0 Å². The molecule has 1 unspecified atom stereocenters. The van der Waals surface area contributed by atoms with Crippen molar-refractivity contribution in [1.29, 1.82) is 0 Å². The number of piperazine rings is 1. The molecule has 2 aliphatic heterocycles. The molecule has 0 radical (unpaired) electrons. The molecule has 3 rings (SSSR count). The summed E-state index contributed by atoms with van der Waals surface area (Å²) in [7, 11) is 0.